The lowest BCUT2D eigenvalue weighted by Crippen LogP contribution is -2.35. The molecule has 2 aromatic rings. The van der Waals surface area contributed by atoms with Crippen LogP contribution in [0.3, 0.4) is 0 Å². The van der Waals surface area contributed by atoms with E-state index >= 15 is 0 Å². The fourth-order valence-corrected chi connectivity index (χ4v) is 2.24. The van der Waals surface area contributed by atoms with Crippen LogP contribution in [-0.2, 0) is 4.79 Å². The van der Waals surface area contributed by atoms with E-state index in [1.807, 2.05) is 0 Å². The molecule has 1 atom stereocenters. The van der Waals surface area contributed by atoms with Crippen LogP contribution in [0.25, 0.3) is 0 Å². The molecule has 2 amide bonds. The number of halogens is 3. The highest BCUT2D eigenvalue weighted by atomic mass is 19.4. The van der Waals surface area contributed by atoms with E-state index in [9.17, 15) is 22.8 Å². The van der Waals surface area contributed by atoms with Gasteiger partial charge < -0.3 is 15.4 Å². The summed E-state index contributed by atoms with van der Waals surface area (Å²) in [5, 5.41) is 5.34. The molecule has 0 aromatic heterocycles. The molecule has 0 saturated heterocycles. The molecule has 2 N–H and O–H groups in total. The number of ether oxygens (including phenoxy) is 1. The van der Waals surface area contributed by atoms with Crippen LogP contribution in [0.1, 0.15) is 23.7 Å². The van der Waals surface area contributed by atoms with Crippen molar-refractivity contribution in [1.82, 2.24) is 5.32 Å². The Balaban J connectivity index is 1.80. The van der Waals surface area contributed by atoms with Crippen molar-refractivity contribution < 1.29 is 27.5 Å². The summed E-state index contributed by atoms with van der Waals surface area (Å²) < 4.78 is 40.9. The summed E-state index contributed by atoms with van der Waals surface area (Å²) >= 11 is 0. The van der Waals surface area contributed by atoms with E-state index in [1.54, 1.807) is 37.3 Å². The number of nitrogens with one attached hydrogen (secondary N) is 2. The smallest absolute Gasteiger partial charge is 0.422 e. The van der Waals surface area contributed by atoms with Gasteiger partial charge in [-0.3, -0.25) is 9.59 Å². The van der Waals surface area contributed by atoms with Crippen molar-refractivity contribution in [1.29, 1.82) is 0 Å². The molecule has 2 aromatic carbocycles. The molecule has 5 nitrogen and oxygen atoms in total. The topological polar surface area (TPSA) is 67.4 Å². The highest BCUT2D eigenvalue weighted by Crippen LogP contribution is 2.20. The third-order valence-corrected chi connectivity index (χ3v) is 3.45. The van der Waals surface area contributed by atoms with Crippen molar-refractivity contribution in [2.45, 2.75) is 25.6 Å². The standard InChI is InChI=1S/C19H19F3N2O3/c1-13(23-18(26)14-5-3-2-4-6-14)11-17(25)24-15-7-9-16(10-8-15)27-12-19(20,21)22/h2-10,13H,11-12H2,1H3,(H,23,26)(H,24,25). The number of rotatable bonds is 7. The van der Waals surface area contributed by atoms with E-state index in [0.29, 0.717) is 11.3 Å². The van der Waals surface area contributed by atoms with Crippen molar-refractivity contribution in [3.63, 3.8) is 0 Å². The first-order chi connectivity index (χ1) is 12.7. The van der Waals surface area contributed by atoms with Crippen LogP contribution in [0.5, 0.6) is 5.75 Å². The van der Waals surface area contributed by atoms with Gasteiger partial charge in [0.15, 0.2) is 6.61 Å². The molecule has 8 heteroatoms. The number of amides is 2. The van der Waals surface area contributed by atoms with Crippen molar-refractivity contribution >= 4 is 17.5 Å². The Hall–Kier alpha value is -3.03. The number of anilines is 1. The number of hydrogen-bond donors (Lipinski definition) is 2. The fourth-order valence-electron chi connectivity index (χ4n) is 2.24. The van der Waals surface area contributed by atoms with Gasteiger partial charge in [0.2, 0.25) is 5.91 Å². The Labute approximate surface area is 154 Å². The zero-order valence-corrected chi connectivity index (χ0v) is 14.5. The van der Waals surface area contributed by atoms with Gasteiger partial charge in [-0.1, -0.05) is 18.2 Å². The highest BCUT2D eigenvalue weighted by molar-refractivity contribution is 5.95. The average molecular weight is 380 g/mol. The molecule has 2 rings (SSSR count). The molecule has 27 heavy (non-hydrogen) atoms. The van der Waals surface area contributed by atoms with Gasteiger partial charge in [-0.15, -0.1) is 0 Å². The predicted octanol–water partition coefficient (Wildman–Crippen LogP) is 3.77. The number of benzene rings is 2. The van der Waals surface area contributed by atoms with E-state index in [0.717, 1.165) is 0 Å². The van der Waals surface area contributed by atoms with E-state index < -0.39 is 18.8 Å². The molecule has 0 aliphatic heterocycles. The number of carbonyl (C=O) groups excluding carboxylic acids is 2. The maximum absolute atomic E-state index is 12.1. The Kier molecular flexibility index (Phi) is 6.81. The molecular weight excluding hydrogens is 361 g/mol. The van der Waals surface area contributed by atoms with E-state index in [4.69, 9.17) is 0 Å². The van der Waals surface area contributed by atoms with Crippen LogP contribution in [-0.4, -0.2) is 30.6 Å². The fraction of sp³-hybridized carbons (Fsp3) is 0.263. The Morgan fingerprint density at radius 1 is 1.04 bits per heavy atom. The van der Waals surface area contributed by atoms with Crippen LogP contribution >= 0.6 is 0 Å². The van der Waals surface area contributed by atoms with Crippen LogP contribution in [0.4, 0.5) is 18.9 Å². The average Bonchev–Trinajstić information content (AvgIpc) is 2.61. The van der Waals surface area contributed by atoms with Gasteiger partial charge in [0.25, 0.3) is 5.91 Å². The summed E-state index contributed by atoms with van der Waals surface area (Å²) in [4.78, 5) is 24.1. The van der Waals surface area contributed by atoms with Crippen LogP contribution in [0.15, 0.2) is 54.6 Å². The molecule has 0 radical (unpaired) electrons. The molecule has 144 valence electrons. The van der Waals surface area contributed by atoms with Crippen LogP contribution < -0.4 is 15.4 Å². The van der Waals surface area contributed by atoms with Gasteiger partial charge in [0.05, 0.1) is 0 Å². The lowest BCUT2D eigenvalue weighted by atomic mass is 10.1. The minimum atomic E-state index is -4.41. The summed E-state index contributed by atoms with van der Waals surface area (Å²) in [5.74, 6) is -0.560. The normalized spacial score (nSPS) is 12.1. The summed E-state index contributed by atoms with van der Waals surface area (Å²) in [6.07, 6.45) is -4.36. The molecule has 0 spiro atoms. The summed E-state index contributed by atoms with van der Waals surface area (Å²) in [5.41, 5.74) is 0.917. The minimum absolute atomic E-state index is 0.0465. The summed E-state index contributed by atoms with van der Waals surface area (Å²) in [6.45, 7) is 0.325. The molecule has 0 saturated carbocycles. The number of carbonyl (C=O) groups is 2. The zero-order chi connectivity index (χ0) is 19.9. The van der Waals surface area contributed by atoms with Gasteiger partial charge in [-0.2, -0.15) is 13.2 Å². The third kappa shape index (κ3) is 7.39. The van der Waals surface area contributed by atoms with Gasteiger partial charge in [-0.25, -0.2) is 0 Å². The van der Waals surface area contributed by atoms with Gasteiger partial charge in [0.1, 0.15) is 5.75 Å². The van der Waals surface area contributed by atoms with E-state index in [1.165, 1.54) is 24.3 Å². The first-order valence-electron chi connectivity index (χ1n) is 8.18. The lowest BCUT2D eigenvalue weighted by molar-refractivity contribution is -0.153. The molecule has 1 unspecified atom stereocenters. The summed E-state index contributed by atoms with van der Waals surface area (Å²) in [7, 11) is 0. The Morgan fingerprint density at radius 2 is 1.67 bits per heavy atom. The maximum atomic E-state index is 12.1. The zero-order valence-electron chi connectivity index (χ0n) is 14.5. The largest absolute Gasteiger partial charge is 0.484 e. The molecule has 0 bridgehead atoms. The Bertz CT molecular complexity index is 762. The van der Waals surface area contributed by atoms with Crippen LogP contribution in [0, 0.1) is 0 Å². The molecular formula is C19H19F3N2O3. The van der Waals surface area contributed by atoms with E-state index in [-0.39, 0.29) is 24.0 Å². The lowest BCUT2D eigenvalue weighted by Gasteiger charge is -2.14. The van der Waals surface area contributed by atoms with Gasteiger partial charge in [-0.05, 0) is 43.3 Å². The molecule has 0 heterocycles. The van der Waals surface area contributed by atoms with Crippen molar-refractivity contribution in [3.05, 3.63) is 60.2 Å². The first-order valence-corrected chi connectivity index (χ1v) is 8.18. The minimum Gasteiger partial charge on any atom is -0.484 e. The van der Waals surface area contributed by atoms with Crippen molar-refractivity contribution in [2.75, 3.05) is 11.9 Å². The molecule has 0 aliphatic carbocycles. The summed E-state index contributed by atoms with van der Waals surface area (Å²) in [6, 6.07) is 13.8. The quantitative estimate of drug-likeness (QED) is 0.768. The molecule has 0 fully saturated rings. The maximum Gasteiger partial charge on any atom is 0.422 e. The highest BCUT2D eigenvalue weighted by Gasteiger charge is 2.28. The predicted molar refractivity (Wildman–Crippen MR) is 94.6 cm³/mol. The van der Waals surface area contributed by atoms with Gasteiger partial charge in [0, 0.05) is 23.7 Å². The second kappa shape index (κ2) is 9.07. The SMILES string of the molecule is CC(CC(=O)Nc1ccc(OCC(F)(F)F)cc1)NC(=O)c1ccccc1. The monoisotopic (exact) mass is 380 g/mol. The second-order valence-electron chi connectivity index (χ2n) is 5.92. The Morgan fingerprint density at radius 3 is 2.26 bits per heavy atom. The van der Waals surface area contributed by atoms with Crippen LogP contribution in [0.2, 0.25) is 0 Å². The number of hydrogen-bond acceptors (Lipinski definition) is 3. The molecule has 0 aliphatic rings. The third-order valence-electron chi connectivity index (χ3n) is 3.45. The van der Waals surface area contributed by atoms with Gasteiger partial charge >= 0.3 is 6.18 Å². The van der Waals surface area contributed by atoms with E-state index in [2.05, 4.69) is 15.4 Å². The van der Waals surface area contributed by atoms with Crippen molar-refractivity contribution in [3.8, 4) is 5.75 Å². The van der Waals surface area contributed by atoms with Crippen molar-refractivity contribution in [2.24, 2.45) is 0 Å². The number of alkyl halides is 3. The first kappa shape index (κ1) is 20.3. The second-order valence-corrected chi connectivity index (χ2v) is 5.92.